The molecule has 0 amide bonds. The van der Waals surface area contributed by atoms with Crippen molar-refractivity contribution in [1.29, 1.82) is 0 Å². The molecule has 3 N–H and O–H groups in total. The highest BCUT2D eigenvalue weighted by molar-refractivity contribution is 14.1. The van der Waals surface area contributed by atoms with Crippen LogP contribution in [0.1, 0.15) is 6.42 Å². The summed E-state index contributed by atoms with van der Waals surface area (Å²) in [4.78, 5) is 0. The number of nitrogens with one attached hydrogen (secondary N) is 1. The van der Waals surface area contributed by atoms with Gasteiger partial charge >= 0.3 is 0 Å². The number of allylic oxidation sites excluding steroid dienone is 3. The normalized spacial score (nSPS) is 27.6. The zero-order chi connectivity index (χ0) is 12.0. The highest BCUT2D eigenvalue weighted by Gasteiger charge is 2.26. The van der Waals surface area contributed by atoms with Crippen molar-refractivity contribution >= 4 is 22.6 Å². The number of rotatable bonds is 4. The summed E-state index contributed by atoms with van der Waals surface area (Å²) in [6, 6.07) is 0. The van der Waals surface area contributed by atoms with Gasteiger partial charge in [-0.3, -0.25) is 0 Å². The first kappa shape index (κ1) is 13.5. The third-order valence-electron chi connectivity index (χ3n) is 2.24. The van der Waals surface area contributed by atoms with E-state index in [1.807, 2.05) is 22.6 Å². The molecule has 5 heteroatoms. The lowest BCUT2D eigenvalue weighted by molar-refractivity contribution is 0.0275. The zero-order valence-corrected chi connectivity index (χ0v) is 11.1. The van der Waals surface area contributed by atoms with Gasteiger partial charge in [-0.2, -0.15) is 0 Å². The smallest absolute Gasteiger partial charge is 0.149 e. The summed E-state index contributed by atoms with van der Waals surface area (Å²) in [5.41, 5.74) is 5.49. The number of halogens is 2. The van der Waals surface area contributed by atoms with Gasteiger partial charge in [0, 0.05) is 6.54 Å². The van der Waals surface area contributed by atoms with Gasteiger partial charge in [-0.15, -0.1) is 0 Å². The summed E-state index contributed by atoms with van der Waals surface area (Å²) in [7, 11) is 0. The quantitative estimate of drug-likeness (QED) is 0.357. The van der Waals surface area contributed by atoms with Gasteiger partial charge in [0.1, 0.15) is 18.0 Å². The molecule has 0 bridgehead atoms. The number of ether oxygens (including phenoxy) is 1. The minimum Gasteiger partial charge on any atom is -0.487 e. The van der Waals surface area contributed by atoms with Crippen molar-refractivity contribution in [1.82, 2.24) is 5.32 Å². The Balaban J connectivity index is 2.58. The lowest BCUT2D eigenvalue weighted by Crippen LogP contribution is -2.42. The largest absolute Gasteiger partial charge is 0.487 e. The van der Waals surface area contributed by atoms with Crippen LogP contribution in [0.5, 0.6) is 0 Å². The number of alkyl halides is 1. The van der Waals surface area contributed by atoms with Crippen molar-refractivity contribution in [3.8, 4) is 0 Å². The van der Waals surface area contributed by atoms with Crippen molar-refractivity contribution in [3.63, 3.8) is 0 Å². The fourth-order valence-corrected chi connectivity index (χ4v) is 1.60. The van der Waals surface area contributed by atoms with Crippen LogP contribution in [0.25, 0.3) is 0 Å². The molecule has 2 atom stereocenters. The SMILES string of the molecule is C=C/C(=C\C=C(/N)I)O[C@H]1CCNC[C@H]1F. The summed E-state index contributed by atoms with van der Waals surface area (Å²) < 4.78 is 19.6. The predicted octanol–water partition coefficient (Wildman–Crippen LogP) is 2.01. The second-order valence-electron chi connectivity index (χ2n) is 3.49. The minimum atomic E-state index is -0.974. The minimum absolute atomic E-state index is 0.347. The molecule has 1 heterocycles. The molecule has 0 aromatic carbocycles. The Morgan fingerprint density at radius 1 is 1.56 bits per heavy atom. The highest BCUT2D eigenvalue weighted by Crippen LogP contribution is 2.16. The molecule has 3 nitrogen and oxygen atoms in total. The summed E-state index contributed by atoms with van der Waals surface area (Å²) in [6.07, 6.45) is 4.25. The van der Waals surface area contributed by atoms with E-state index in [1.165, 1.54) is 0 Å². The Morgan fingerprint density at radius 3 is 2.88 bits per heavy atom. The molecule has 16 heavy (non-hydrogen) atoms. The fraction of sp³-hybridized carbons (Fsp3) is 0.455. The maximum Gasteiger partial charge on any atom is 0.149 e. The molecule has 0 radical (unpaired) electrons. The molecule has 0 aromatic rings. The molecule has 1 saturated heterocycles. The zero-order valence-electron chi connectivity index (χ0n) is 8.96. The first-order valence-corrected chi connectivity index (χ1v) is 6.18. The molecular weight excluding hydrogens is 322 g/mol. The van der Waals surface area contributed by atoms with Crippen LogP contribution in [0.3, 0.4) is 0 Å². The lowest BCUT2D eigenvalue weighted by atomic mass is 10.1. The van der Waals surface area contributed by atoms with Crippen LogP contribution in [0.2, 0.25) is 0 Å². The van der Waals surface area contributed by atoms with E-state index in [9.17, 15) is 4.39 Å². The second-order valence-corrected chi connectivity index (χ2v) is 4.74. The molecule has 1 aliphatic rings. The predicted molar refractivity (Wildman–Crippen MR) is 71.8 cm³/mol. The summed E-state index contributed by atoms with van der Waals surface area (Å²) in [5.74, 6) is 0.550. The van der Waals surface area contributed by atoms with E-state index in [0.29, 0.717) is 22.4 Å². The number of hydrogen-bond acceptors (Lipinski definition) is 3. The molecular formula is C11H16FIN2O. The van der Waals surface area contributed by atoms with Crippen LogP contribution in [-0.2, 0) is 4.74 Å². The van der Waals surface area contributed by atoms with Crippen LogP contribution < -0.4 is 11.1 Å². The van der Waals surface area contributed by atoms with Gasteiger partial charge in [0.05, 0.1) is 3.70 Å². The molecule has 0 aliphatic carbocycles. The Hall–Kier alpha value is -0.560. The van der Waals surface area contributed by atoms with Gasteiger partial charge in [-0.05, 0) is 53.8 Å². The Labute approximate surface area is 109 Å². The van der Waals surface area contributed by atoms with Crippen molar-refractivity contribution in [3.05, 3.63) is 34.3 Å². The number of nitrogens with two attached hydrogens (primary N) is 1. The third kappa shape index (κ3) is 4.52. The van der Waals surface area contributed by atoms with Crippen LogP contribution >= 0.6 is 22.6 Å². The standard InChI is InChI=1S/C11H16FIN2O/c1-2-8(3-4-11(13)14)16-10-5-6-15-7-9(10)12/h2-4,9-10,15H,1,5-7,14H2/b8-3+,11-4-/t9-,10+/m1/s1. The van der Waals surface area contributed by atoms with Crippen LogP contribution in [0, 0.1) is 0 Å². The topological polar surface area (TPSA) is 47.3 Å². The number of hydrogen-bond donors (Lipinski definition) is 2. The molecule has 0 aromatic heterocycles. The van der Waals surface area contributed by atoms with E-state index < -0.39 is 12.3 Å². The molecule has 0 unspecified atom stereocenters. The van der Waals surface area contributed by atoms with Crippen molar-refractivity contribution in [2.24, 2.45) is 5.73 Å². The molecule has 1 aliphatic heterocycles. The van der Waals surface area contributed by atoms with Crippen LogP contribution in [0.4, 0.5) is 4.39 Å². The van der Waals surface area contributed by atoms with Gasteiger partial charge in [0.25, 0.3) is 0 Å². The van der Waals surface area contributed by atoms with E-state index in [0.717, 1.165) is 6.54 Å². The maximum absolute atomic E-state index is 13.5. The van der Waals surface area contributed by atoms with Gasteiger partial charge in [-0.25, -0.2) is 4.39 Å². The maximum atomic E-state index is 13.5. The first-order chi connectivity index (χ1) is 7.63. The first-order valence-electron chi connectivity index (χ1n) is 5.10. The fourth-order valence-electron chi connectivity index (χ4n) is 1.42. The van der Waals surface area contributed by atoms with Gasteiger partial charge < -0.3 is 15.8 Å². The Morgan fingerprint density at radius 2 is 2.31 bits per heavy atom. The average molecular weight is 338 g/mol. The molecule has 90 valence electrons. The lowest BCUT2D eigenvalue weighted by Gasteiger charge is -2.27. The average Bonchev–Trinajstić information content (AvgIpc) is 2.26. The molecule has 0 spiro atoms. The van der Waals surface area contributed by atoms with E-state index in [1.54, 1.807) is 18.2 Å². The molecule has 1 fully saturated rings. The van der Waals surface area contributed by atoms with Gasteiger partial charge in [0.15, 0.2) is 0 Å². The van der Waals surface area contributed by atoms with Crippen molar-refractivity contribution < 1.29 is 9.13 Å². The Bertz CT molecular complexity index is 300. The van der Waals surface area contributed by atoms with Gasteiger partial charge in [0.2, 0.25) is 0 Å². The Kier molecular flexibility index (Phi) is 5.83. The number of piperidine rings is 1. The van der Waals surface area contributed by atoms with E-state index in [-0.39, 0.29) is 0 Å². The monoisotopic (exact) mass is 338 g/mol. The molecule has 0 saturated carbocycles. The van der Waals surface area contributed by atoms with Crippen molar-refractivity contribution in [2.75, 3.05) is 13.1 Å². The third-order valence-corrected chi connectivity index (χ3v) is 2.60. The van der Waals surface area contributed by atoms with Crippen LogP contribution in [-0.4, -0.2) is 25.4 Å². The molecule has 1 rings (SSSR count). The van der Waals surface area contributed by atoms with Gasteiger partial charge in [-0.1, -0.05) is 6.58 Å². The van der Waals surface area contributed by atoms with Crippen molar-refractivity contribution in [2.45, 2.75) is 18.7 Å². The van der Waals surface area contributed by atoms with Crippen LogP contribution in [0.15, 0.2) is 34.3 Å². The highest BCUT2D eigenvalue weighted by atomic mass is 127. The van der Waals surface area contributed by atoms with E-state index >= 15 is 0 Å². The van der Waals surface area contributed by atoms with E-state index in [4.69, 9.17) is 10.5 Å². The summed E-state index contributed by atoms with van der Waals surface area (Å²) in [5, 5.41) is 2.97. The summed E-state index contributed by atoms with van der Waals surface area (Å²) >= 11 is 1.99. The summed E-state index contributed by atoms with van der Waals surface area (Å²) in [6.45, 7) is 4.75. The van der Waals surface area contributed by atoms with E-state index in [2.05, 4.69) is 11.9 Å². The second kappa shape index (κ2) is 6.90.